The van der Waals surface area contributed by atoms with E-state index in [-0.39, 0.29) is 11.1 Å². The largest absolute Gasteiger partial charge is 0.319 e. The van der Waals surface area contributed by atoms with Gasteiger partial charge in [0.05, 0.1) is 5.69 Å². The molecule has 0 aliphatic carbocycles. The zero-order valence-corrected chi connectivity index (χ0v) is 13.8. The van der Waals surface area contributed by atoms with Crippen molar-refractivity contribution in [3.05, 3.63) is 55.7 Å². The summed E-state index contributed by atoms with van der Waals surface area (Å²) >= 11 is 12.6. The lowest BCUT2D eigenvalue weighted by molar-refractivity contribution is 0.102. The Labute approximate surface area is 132 Å². The zero-order valence-electron chi connectivity index (χ0n) is 9.88. The van der Waals surface area contributed by atoms with Gasteiger partial charge in [0.2, 0.25) is 0 Å². The summed E-state index contributed by atoms with van der Waals surface area (Å²) in [5.41, 5.74) is 2.03. The van der Waals surface area contributed by atoms with E-state index in [1.165, 1.54) is 0 Å². The maximum Gasteiger partial charge on any atom is 0.255 e. The first-order valence-electron chi connectivity index (χ1n) is 5.35. The van der Waals surface area contributed by atoms with Crippen molar-refractivity contribution in [3.8, 4) is 0 Å². The highest BCUT2D eigenvalue weighted by Crippen LogP contribution is 2.24. The van der Waals surface area contributed by atoms with Crippen LogP contribution in [0.25, 0.3) is 0 Å². The van der Waals surface area contributed by atoms with Crippen molar-refractivity contribution in [1.29, 1.82) is 0 Å². The van der Waals surface area contributed by atoms with Gasteiger partial charge in [-0.05, 0) is 52.7 Å². The van der Waals surface area contributed by atoms with E-state index >= 15 is 0 Å². The van der Waals surface area contributed by atoms with Gasteiger partial charge in [-0.2, -0.15) is 0 Å². The first kappa shape index (κ1) is 14.5. The van der Waals surface area contributed by atoms with Crippen LogP contribution in [0.15, 0.2) is 39.4 Å². The minimum Gasteiger partial charge on any atom is -0.319 e. The van der Waals surface area contributed by atoms with Gasteiger partial charge in [0.15, 0.2) is 5.15 Å². The average Bonchev–Trinajstić information content (AvgIpc) is 2.32. The normalized spacial score (nSPS) is 10.3. The molecule has 0 atom stereocenters. The second-order valence-corrected chi connectivity index (χ2v) is 6.15. The molecular weight excluding hydrogens is 395 g/mol. The fourth-order valence-corrected chi connectivity index (χ4v) is 2.66. The van der Waals surface area contributed by atoms with Gasteiger partial charge >= 0.3 is 0 Å². The van der Waals surface area contributed by atoms with E-state index in [0.29, 0.717) is 11.3 Å². The number of hydrogen-bond acceptors (Lipinski definition) is 2. The van der Waals surface area contributed by atoms with Crippen LogP contribution < -0.4 is 5.32 Å². The number of aromatic nitrogens is 1. The quantitative estimate of drug-likeness (QED) is 0.729. The van der Waals surface area contributed by atoms with Crippen molar-refractivity contribution < 1.29 is 4.79 Å². The Morgan fingerprint density at radius 1 is 1.21 bits per heavy atom. The van der Waals surface area contributed by atoms with Gasteiger partial charge < -0.3 is 5.32 Å². The maximum atomic E-state index is 12.1. The molecule has 1 amide bonds. The van der Waals surface area contributed by atoms with Crippen molar-refractivity contribution in [2.45, 2.75) is 6.92 Å². The number of nitrogens with one attached hydrogen (secondary N) is 1. The van der Waals surface area contributed by atoms with Crippen LogP contribution in [-0.4, -0.2) is 10.9 Å². The van der Waals surface area contributed by atoms with E-state index in [4.69, 9.17) is 11.6 Å². The molecule has 1 aromatic carbocycles. The molecule has 2 aromatic rings. The molecule has 6 heteroatoms. The predicted octanol–water partition coefficient (Wildman–Crippen LogP) is 4.82. The van der Waals surface area contributed by atoms with Crippen molar-refractivity contribution in [2.75, 3.05) is 5.32 Å². The van der Waals surface area contributed by atoms with E-state index in [1.54, 1.807) is 24.4 Å². The smallest absolute Gasteiger partial charge is 0.255 e. The van der Waals surface area contributed by atoms with E-state index in [1.807, 2.05) is 13.0 Å². The standard InChI is InChI=1S/C13H9Br2ClN2O/c1-7-2-8(4-9(14)3-7)13(19)18-11-5-10(15)6-17-12(11)16/h2-6H,1H3,(H,18,19). The molecule has 98 valence electrons. The number of amides is 1. The molecule has 0 aliphatic rings. The Hall–Kier alpha value is -0.910. The minimum absolute atomic E-state index is 0.230. The van der Waals surface area contributed by atoms with Crippen LogP contribution >= 0.6 is 43.5 Å². The van der Waals surface area contributed by atoms with Crippen molar-refractivity contribution in [3.63, 3.8) is 0 Å². The molecule has 0 saturated heterocycles. The molecule has 19 heavy (non-hydrogen) atoms. The van der Waals surface area contributed by atoms with Gasteiger partial charge in [-0.3, -0.25) is 4.79 Å². The fraction of sp³-hybridized carbons (Fsp3) is 0.0769. The summed E-state index contributed by atoms with van der Waals surface area (Å²) in [4.78, 5) is 16.1. The molecule has 0 spiro atoms. The number of anilines is 1. The van der Waals surface area contributed by atoms with Crippen LogP contribution in [0, 0.1) is 6.92 Å². The highest BCUT2D eigenvalue weighted by molar-refractivity contribution is 9.10. The molecule has 0 bridgehead atoms. The molecule has 1 N–H and O–H groups in total. The predicted molar refractivity (Wildman–Crippen MR) is 83.8 cm³/mol. The number of hydrogen-bond donors (Lipinski definition) is 1. The third-order valence-electron chi connectivity index (χ3n) is 2.36. The lowest BCUT2D eigenvalue weighted by Gasteiger charge is -2.08. The summed E-state index contributed by atoms with van der Waals surface area (Å²) in [7, 11) is 0. The monoisotopic (exact) mass is 402 g/mol. The van der Waals surface area contributed by atoms with Crippen LogP contribution in [-0.2, 0) is 0 Å². The fourth-order valence-electron chi connectivity index (χ4n) is 1.57. The third-order valence-corrected chi connectivity index (χ3v) is 3.55. The highest BCUT2D eigenvalue weighted by Gasteiger charge is 2.10. The van der Waals surface area contributed by atoms with E-state index < -0.39 is 0 Å². The van der Waals surface area contributed by atoms with Gasteiger partial charge in [-0.25, -0.2) is 4.98 Å². The van der Waals surface area contributed by atoms with Crippen LogP contribution in [0.3, 0.4) is 0 Å². The Morgan fingerprint density at radius 2 is 1.95 bits per heavy atom. The van der Waals surface area contributed by atoms with Crippen molar-refractivity contribution in [2.24, 2.45) is 0 Å². The number of halogens is 3. The lowest BCUT2D eigenvalue weighted by atomic mass is 10.1. The van der Waals surface area contributed by atoms with Gasteiger partial charge in [-0.1, -0.05) is 27.5 Å². The Kier molecular flexibility index (Phi) is 4.60. The summed E-state index contributed by atoms with van der Waals surface area (Å²) in [6.07, 6.45) is 1.57. The van der Waals surface area contributed by atoms with Gasteiger partial charge in [0, 0.05) is 20.7 Å². The molecule has 0 unspecified atom stereocenters. The van der Waals surface area contributed by atoms with Crippen LogP contribution in [0.1, 0.15) is 15.9 Å². The molecule has 1 heterocycles. The van der Waals surface area contributed by atoms with Crippen LogP contribution in [0.4, 0.5) is 5.69 Å². The second-order valence-electron chi connectivity index (χ2n) is 3.96. The van der Waals surface area contributed by atoms with E-state index in [2.05, 4.69) is 42.2 Å². The van der Waals surface area contributed by atoms with Crippen LogP contribution in [0.5, 0.6) is 0 Å². The molecule has 0 aliphatic heterocycles. The first-order chi connectivity index (χ1) is 8.95. The number of pyridine rings is 1. The molecule has 0 radical (unpaired) electrons. The first-order valence-corrected chi connectivity index (χ1v) is 7.31. The molecular formula is C13H9Br2ClN2O. The summed E-state index contributed by atoms with van der Waals surface area (Å²) in [5, 5.41) is 2.99. The summed E-state index contributed by atoms with van der Waals surface area (Å²) in [5.74, 6) is -0.230. The van der Waals surface area contributed by atoms with Gasteiger partial charge in [0.1, 0.15) is 0 Å². The Bertz CT molecular complexity index is 626. The number of aryl methyl sites for hydroxylation is 1. The van der Waals surface area contributed by atoms with E-state index in [0.717, 1.165) is 14.5 Å². The SMILES string of the molecule is Cc1cc(Br)cc(C(=O)Nc2cc(Br)cnc2Cl)c1. The summed E-state index contributed by atoms with van der Waals surface area (Å²) in [6, 6.07) is 7.20. The number of carbonyl (C=O) groups is 1. The molecule has 3 nitrogen and oxygen atoms in total. The van der Waals surface area contributed by atoms with Gasteiger partial charge in [0.25, 0.3) is 5.91 Å². The number of rotatable bonds is 2. The Morgan fingerprint density at radius 3 is 2.63 bits per heavy atom. The number of benzene rings is 1. The van der Waals surface area contributed by atoms with E-state index in [9.17, 15) is 4.79 Å². The number of nitrogens with zero attached hydrogens (tertiary/aromatic N) is 1. The average molecular weight is 404 g/mol. The Balaban J connectivity index is 2.28. The van der Waals surface area contributed by atoms with Crippen molar-refractivity contribution in [1.82, 2.24) is 4.98 Å². The topological polar surface area (TPSA) is 42.0 Å². The number of carbonyl (C=O) groups excluding carboxylic acids is 1. The molecule has 1 aromatic heterocycles. The van der Waals surface area contributed by atoms with Gasteiger partial charge in [-0.15, -0.1) is 0 Å². The molecule has 0 fully saturated rings. The molecule has 2 rings (SSSR count). The minimum atomic E-state index is -0.230. The van der Waals surface area contributed by atoms with Crippen LogP contribution in [0.2, 0.25) is 5.15 Å². The second kappa shape index (κ2) is 6.03. The van der Waals surface area contributed by atoms with Crippen molar-refractivity contribution >= 4 is 55.1 Å². The lowest BCUT2D eigenvalue weighted by Crippen LogP contribution is -2.12. The summed E-state index contributed by atoms with van der Waals surface area (Å²) in [6.45, 7) is 1.93. The maximum absolute atomic E-state index is 12.1. The zero-order chi connectivity index (χ0) is 14.0. The third kappa shape index (κ3) is 3.78. The summed E-state index contributed by atoms with van der Waals surface area (Å²) < 4.78 is 1.61. The molecule has 0 saturated carbocycles. The highest BCUT2D eigenvalue weighted by atomic mass is 79.9.